The van der Waals surface area contributed by atoms with Crippen LogP contribution in [0, 0.1) is 0 Å². The summed E-state index contributed by atoms with van der Waals surface area (Å²) in [5.41, 5.74) is 2.45. The topological polar surface area (TPSA) is 48.5 Å². The lowest BCUT2D eigenvalue weighted by atomic mass is 10.1. The maximum atomic E-state index is 11.7. The summed E-state index contributed by atoms with van der Waals surface area (Å²) in [6.45, 7) is 9.35. The van der Waals surface area contributed by atoms with E-state index in [1.165, 1.54) is 17.7 Å². The molecule has 0 aliphatic carbocycles. The highest BCUT2D eigenvalue weighted by molar-refractivity contribution is 5.78. The average molecular weight is 347 g/mol. The largest absolute Gasteiger partial charge is 0.373 e. The first kappa shape index (κ1) is 19.7. The van der Waals surface area contributed by atoms with Crippen molar-refractivity contribution in [1.82, 2.24) is 14.8 Å². The summed E-state index contributed by atoms with van der Waals surface area (Å²) in [5, 5.41) is 3.20. The van der Waals surface area contributed by atoms with E-state index in [0.29, 0.717) is 5.91 Å². The zero-order chi connectivity index (χ0) is 18.1. The van der Waals surface area contributed by atoms with Crippen LogP contribution in [0.5, 0.6) is 0 Å². The fourth-order valence-electron chi connectivity index (χ4n) is 3.44. The molecule has 0 bridgehead atoms. The lowest BCUT2D eigenvalue weighted by molar-refractivity contribution is -0.127. The maximum absolute atomic E-state index is 11.7. The number of likely N-dealkylation sites (tertiary alicyclic amines) is 1. The van der Waals surface area contributed by atoms with Gasteiger partial charge >= 0.3 is 0 Å². The van der Waals surface area contributed by atoms with Gasteiger partial charge in [0.1, 0.15) is 5.82 Å². The third-order valence-electron chi connectivity index (χ3n) is 5.12. The Kier molecular flexibility index (Phi) is 8.19. The van der Waals surface area contributed by atoms with E-state index in [0.717, 1.165) is 70.6 Å². The van der Waals surface area contributed by atoms with Crippen molar-refractivity contribution in [1.29, 1.82) is 0 Å². The minimum absolute atomic E-state index is 0.331. The molecule has 25 heavy (non-hydrogen) atoms. The summed E-state index contributed by atoms with van der Waals surface area (Å²) in [6, 6.07) is 4.36. The Morgan fingerprint density at radius 2 is 2.08 bits per heavy atom. The minimum Gasteiger partial charge on any atom is -0.373 e. The molecule has 1 aromatic rings. The Bertz CT molecular complexity index is 546. The number of nitrogens with zero attached hydrogens (tertiary/aromatic N) is 3. The second kappa shape index (κ2) is 10.4. The van der Waals surface area contributed by atoms with Crippen molar-refractivity contribution >= 4 is 11.7 Å². The van der Waals surface area contributed by atoms with E-state index < -0.39 is 0 Å². The van der Waals surface area contributed by atoms with Gasteiger partial charge in [0, 0.05) is 38.8 Å². The molecule has 1 aliphatic heterocycles. The van der Waals surface area contributed by atoms with Crippen LogP contribution in [0.4, 0.5) is 5.82 Å². The standard InChI is InChI=1S/C20H34N4O/c1-4-17-11-12-18(22-20(17)21-3)9-6-7-13-23(5-2)15-16-24-14-8-10-19(24)25/h11-12H,4-10,13-16H2,1-3H3,(H,21,22). The number of anilines is 1. The number of hydrogen-bond donors (Lipinski definition) is 1. The molecule has 0 saturated carbocycles. The van der Waals surface area contributed by atoms with Gasteiger partial charge in [0.15, 0.2) is 0 Å². The molecular formula is C20H34N4O. The maximum Gasteiger partial charge on any atom is 0.222 e. The molecule has 1 aliphatic rings. The predicted molar refractivity (Wildman–Crippen MR) is 104 cm³/mol. The van der Waals surface area contributed by atoms with Gasteiger partial charge in [-0.1, -0.05) is 19.9 Å². The normalized spacial score (nSPS) is 14.6. The molecule has 0 atom stereocenters. The molecule has 0 radical (unpaired) electrons. The number of hydrogen-bond acceptors (Lipinski definition) is 4. The van der Waals surface area contributed by atoms with Gasteiger partial charge in [0.05, 0.1) is 0 Å². The van der Waals surface area contributed by atoms with Crippen molar-refractivity contribution < 1.29 is 4.79 Å². The predicted octanol–water partition coefficient (Wildman–Crippen LogP) is 2.95. The van der Waals surface area contributed by atoms with Gasteiger partial charge in [-0.05, 0) is 56.8 Å². The molecule has 0 unspecified atom stereocenters. The van der Waals surface area contributed by atoms with Crippen LogP contribution in [-0.4, -0.2) is 60.5 Å². The van der Waals surface area contributed by atoms with Crippen molar-refractivity contribution in [2.75, 3.05) is 45.1 Å². The molecule has 1 saturated heterocycles. The number of rotatable bonds is 11. The Balaban J connectivity index is 1.69. The van der Waals surface area contributed by atoms with E-state index >= 15 is 0 Å². The van der Waals surface area contributed by atoms with Crippen LogP contribution < -0.4 is 5.32 Å². The molecule has 0 aromatic carbocycles. The van der Waals surface area contributed by atoms with E-state index in [9.17, 15) is 4.79 Å². The highest BCUT2D eigenvalue weighted by Gasteiger charge is 2.19. The fourth-order valence-corrected chi connectivity index (χ4v) is 3.44. The number of carbonyl (C=O) groups is 1. The smallest absolute Gasteiger partial charge is 0.222 e. The lowest BCUT2D eigenvalue weighted by Gasteiger charge is -2.24. The fraction of sp³-hybridized carbons (Fsp3) is 0.700. The van der Waals surface area contributed by atoms with Crippen LogP contribution in [0.2, 0.25) is 0 Å². The molecule has 1 amide bonds. The quantitative estimate of drug-likeness (QED) is 0.626. The molecule has 1 N–H and O–H groups in total. The van der Waals surface area contributed by atoms with Crippen LogP contribution in [-0.2, 0) is 17.6 Å². The third kappa shape index (κ3) is 5.99. The molecule has 1 fully saturated rings. The number of likely N-dealkylation sites (N-methyl/N-ethyl adjacent to an activating group) is 1. The van der Waals surface area contributed by atoms with Crippen LogP contribution >= 0.6 is 0 Å². The van der Waals surface area contributed by atoms with Crippen molar-refractivity contribution in [3.63, 3.8) is 0 Å². The van der Waals surface area contributed by atoms with Crippen LogP contribution in [0.25, 0.3) is 0 Å². The average Bonchev–Trinajstić information content (AvgIpc) is 3.05. The first-order valence-corrected chi connectivity index (χ1v) is 9.84. The Morgan fingerprint density at radius 1 is 1.24 bits per heavy atom. The Morgan fingerprint density at radius 3 is 2.72 bits per heavy atom. The third-order valence-corrected chi connectivity index (χ3v) is 5.12. The van der Waals surface area contributed by atoms with Gasteiger partial charge in [-0.25, -0.2) is 4.98 Å². The zero-order valence-electron chi connectivity index (χ0n) is 16.2. The number of aromatic nitrogens is 1. The SMILES string of the molecule is CCc1ccc(CCCCN(CC)CCN2CCCC2=O)nc1NC. The number of carbonyl (C=O) groups excluding carboxylic acids is 1. The Labute approximate surface area is 152 Å². The number of amides is 1. The molecule has 5 heteroatoms. The summed E-state index contributed by atoms with van der Waals surface area (Å²) in [6.07, 6.45) is 6.14. The van der Waals surface area contributed by atoms with E-state index in [2.05, 4.69) is 36.2 Å². The van der Waals surface area contributed by atoms with Gasteiger partial charge in [-0.15, -0.1) is 0 Å². The molecular weight excluding hydrogens is 312 g/mol. The Hall–Kier alpha value is -1.62. The van der Waals surface area contributed by atoms with Crippen molar-refractivity contribution in [2.45, 2.75) is 52.4 Å². The first-order valence-electron chi connectivity index (χ1n) is 9.84. The second-order valence-corrected chi connectivity index (χ2v) is 6.79. The molecule has 0 spiro atoms. The monoisotopic (exact) mass is 346 g/mol. The number of nitrogens with one attached hydrogen (secondary N) is 1. The highest BCUT2D eigenvalue weighted by Crippen LogP contribution is 2.15. The van der Waals surface area contributed by atoms with Gasteiger partial charge < -0.3 is 15.1 Å². The van der Waals surface area contributed by atoms with Gasteiger partial charge in [0.25, 0.3) is 0 Å². The van der Waals surface area contributed by atoms with Crippen LogP contribution in [0.3, 0.4) is 0 Å². The summed E-state index contributed by atoms with van der Waals surface area (Å²) < 4.78 is 0. The minimum atomic E-state index is 0.331. The van der Waals surface area contributed by atoms with Crippen molar-refractivity contribution in [3.8, 4) is 0 Å². The van der Waals surface area contributed by atoms with Crippen molar-refractivity contribution in [3.05, 3.63) is 23.4 Å². The molecule has 140 valence electrons. The molecule has 1 aromatic heterocycles. The van der Waals surface area contributed by atoms with Gasteiger partial charge in [-0.3, -0.25) is 4.79 Å². The summed E-state index contributed by atoms with van der Waals surface area (Å²) >= 11 is 0. The highest BCUT2D eigenvalue weighted by atomic mass is 16.2. The van der Waals surface area contributed by atoms with Crippen molar-refractivity contribution in [2.24, 2.45) is 0 Å². The van der Waals surface area contributed by atoms with E-state index in [1.54, 1.807) is 0 Å². The first-order chi connectivity index (χ1) is 12.2. The van der Waals surface area contributed by atoms with Crippen LogP contribution in [0.15, 0.2) is 12.1 Å². The molecule has 2 rings (SSSR count). The van der Waals surface area contributed by atoms with Crippen LogP contribution in [0.1, 0.15) is 50.8 Å². The van der Waals surface area contributed by atoms with Gasteiger partial charge in [0.2, 0.25) is 5.91 Å². The van der Waals surface area contributed by atoms with E-state index in [1.807, 2.05) is 11.9 Å². The summed E-state index contributed by atoms with van der Waals surface area (Å²) in [4.78, 5) is 20.9. The van der Waals surface area contributed by atoms with Gasteiger partial charge in [-0.2, -0.15) is 0 Å². The molecule has 5 nitrogen and oxygen atoms in total. The van der Waals surface area contributed by atoms with E-state index in [4.69, 9.17) is 4.98 Å². The lowest BCUT2D eigenvalue weighted by Crippen LogP contribution is -2.36. The molecule has 2 heterocycles. The number of pyridine rings is 1. The number of aryl methyl sites for hydroxylation is 2. The number of unbranched alkanes of at least 4 members (excludes halogenated alkanes) is 1. The summed E-state index contributed by atoms with van der Waals surface area (Å²) in [5.74, 6) is 1.35. The second-order valence-electron chi connectivity index (χ2n) is 6.79. The van der Waals surface area contributed by atoms with E-state index in [-0.39, 0.29) is 0 Å². The zero-order valence-corrected chi connectivity index (χ0v) is 16.2. The summed E-state index contributed by atoms with van der Waals surface area (Å²) in [7, 11) is 1.94.